The van der Waals surface area contributed by atoms with Crippen LogP contribution in [0.15, 0.2) is 5.16 Å². The second-order valence-corrected chi connectivity index (χ2v) is 5.67. The van der Waals surface area contributed by atoms with Gasteiger partial charge in [-0.1, -0.05) is 31.5 Å². The van der Waals surface area contributed by atoms with Crippen LogP contribution in [0.1, 0.15) is 32.6 Å². The molecule has 2 unspecified atom stereocenters. The molecule has 1 saturated carbocycles. The van der Waals surface area contributed by atoms with Crippen molar-refractivity contribution < 1.29 is 4.74 Å². The summed E-state index contributed by atoms with van der Waals surface area (Å²) in [4.78, 5) is 0. The van der Waals surface area contributed by atoms with Gasteiger partial charge in [-0.2, -0.15) is 0 Å². The minimum absolute atomic E-state index is 0.460. The van der Waals surface area contributed by atoms with Gasteiger partial charge in [0.15, 0.2) is 0 Å². The Labute approximate surface area is 106 Å². The van der Waals surface area contributed by atoms with E-state index in [9.17, 15) is 0 Å². The molecule has 0 saturated heterocycles. The topological polar surface area (TPSA) is 52.8 Å². The molecule has 1 fully saturated rings. The highest BCUT2D eigenvalue weighted by molar-refractivity contribution is 7.99. The highest BCUT2D eigenvalue weighted by atomic mass is 32.2. The number of ether oxygens (including phenoxy) is 1. The van der Waals surface area contributed by atoms with Gasteiger partial charge in [0, 0.05) is 12.8 Å². The monoisotopic (exact) mass is 256 g/mol. The van der Waals surface area contributed by atoms with Crippen LogP contribution in [0.5, 0.6) is 0 Å². The minimum Gasteiger partial charge on any atom is -0.377 e. The number of tetrazole rings is 1. The van der Waals surface area contributed by atoms with E-state index < -0.39 is 0 Å². The van der Waals surface area contributed by atoms with Gasteiger partial charge >= 0.3 is 0 Å². The number of aryl methyl sites for hydroxylation is 1. The van der Waals surface area contributed by atoms with Crippen LogP contribution in [-0.2, 0) is 11.8 Å². The van der Waals surface area contributed by atoms with Crippen LogP contribution >= 0.6 is 11.8 Å². The molecule has 2 rings (SSSR count). The van der Waals surface area contributed by atoms with Crippen molar-refractivity contribution in [2.45, 2.75) is 43.9 Å². The van der Waals surface area contributed by atoms with Gasteiger partial charge in [0.25, 0.3) is 0 Å². The summed E-state index contributed by atoms with van der Waals surface area (Å²) in [6, 6.07) is 0. The van der Waals surface area contributed by atoms with E-state index in [1.54, 1.807) is 16.4 Å². The highest BCUT2D eigenvalue weighted by Gasteiger charge is 2.21. The Morgan fingerprint density at radius 3 is 2.94 bits per heavy atom. The SMILES string of the molecule is CC1CCCCC1OCCSc1nnnn1C. The molecular formula is C11H20N4OS. The molecule has 1 heterocycles. The average Bonchev–Trinajstić information content (AvgIpc) is 2.73. The first-order chi connectivity index (χ1) is 8.27. The molecule has 1 aromatic rings. The van der Waals surface area contributed by atoms with Crippen LogP contribution in [0.25, 0.3) is 0 Å². The van der Waals surface area contributed by atoms with Crippen molar-refractivity contribution in [3.63, 3.8) is 0 Å². The van der Waals surface area contributed by atoms with E-state index in [4.69, 9.17) is 4.74 Å². The summed E-state index contributed by atoms with van der Waals surface area (Å²) in [6.45, 7) is 3.08. The van der Waals surface area contributed by atoms with Crippen LogP contribution in [0.2, 0.25) is 0 Å². The lowest BCUT2D eigenvalue weighted by Gasteiger charge is -2.28. The van der Waals surface area contributed by atoms with Crippen LogP contribution in [-0.4, -0.2) is 38.7 Å². The summed E-state index contributed by atoms with van der Waals surface area (Å²) in [6.07, 6.45) is 5.67. The zero-order chi connectivity index (χ0) is 12.1. The Kier molecular flexibility index (Phi) is 4.79. The fourth-order valence-corrected chi connectivity index (χ4v) is 2.89. The van der Waals surface area contributed by atoms with Crippen molar-refractivity contribution in [2.75, 3.05) is 12.4 Å². The van der Waals surface area contributed by atoms with Crippen molar-refractivity contribution in [1.29, 1.82) is 0 Å². The molecule has 0 bridgehead atoms. The molecule has 0 spiro atoms. The first kappa shape index (κ1) is 12.8. The number of thioether (sulfide) groups is 1. The number of aromatic nitrogens is 4. The van der Waals surface area contributed by atoms with Gasteiger partial charge in [0.2, 0.25) is 5.16 Å². The van der Waals surface area contributed by atoms with Gasteiger partial charge in [-0.25, -0.2) is 4.68 Å². The number of hydrogen-bond acceptors (Lipinski definition) is 5. The van der Waals surface area contributed by atoms with Gasteiger partial charge in [0.1, 0.15) is 0 Å². The van der Waals surface area contributed by atoms with E-state index in [2.05, 4.69) is 22.4 Å². The molecular weight excluding hydrogens is 236 g/mol. The molecule has 5 nitrogen and oxygen atoms in total. The smallest absolute Gasteiger partial charge is 0.209 e. The molecule has 1 aliphatic carbocycles. The highest BCUT2D eigenvalue weighted by Crippen LogP contribution is 2.26. The molecule has 0 aliphatic heterocycles. The van der Waals surface area contributed by atoms with Crippen molar-refractivity contribution in [3.8, 4) is 0 Å². The molecule has 0 N–H and O–H groups in total. The average molecular weight is 256 g/mol. The summed E-state index contributed by atoms with van der Waals surface area (Å²) in [5.41, 5.74) is 0. The third-order valence-corrected chi connectivity index (χ3v) is 4.24. The normalized spacial score (nSPS) is 25.1. The summed E-state index contributed by atoms with van der Waals surface area (Å²) < 4.78 is 7.62. The molecule has 6 heteroatoms. The quantitative estimate of drug-likeness (QED) is 0.595. The van der Waals surface area contributed by atoms with Gasteiger partial charge < -0.3 is 4.74 Å². The number of hydrogen-bond donors (Lipinski definition) is 0. The van der Waals surface area contributed by atoms with Gasteiger partial charge in [-0.3, -0.25) is 0 Å². The van der Waals surface area contributed by atoms with Crippen molar-refractivity contribution >= 4 is 11.8 Å². The van der Waals surface area contributed by atoms with E-state index in [1.807, 2.05) is 7.05 Å². The molecule has 2 atom stereocenters. The third-order valence-electron chi connectivity index (χ3n) is 3.26. The summed E-state index contributed by atoms with van der Waals surface area (Å²) in [5, 5.41) is 12.2. The van der Waals surface area contributed by atoms with Gasteiger partial charge in [0.05, 0.1) is 12.7 Å². The molecule has 96 valence electrons. The van der Waals surface area contributed by atoms with Crippen LogP contribution < -0.4 is 0 Å². The zero-order valence-electron chi connectivity index (χ0n) is 10.5. The van der Waals surface area contributed by atoms with Crippen LogP contribution in [0.3, 0.4) is 0 Å². The van der Waals surface area contributed by atoms with E-state index in [0.29, 0.717) is 12.0 Å². The summed E-state index contributed by atoms with van der Waals surface area (Å²) in [5.74, 6) is 1.63. The Bertz CT molecular complexity index is 344. The zero-order valence-corrected chi connectivity index (χ0v) is 11.3. The summed E-state index contributed by atoms with van der Waals surface area (Å²) in [7, 11) is 1.85. The lowest BCUT2D eigenvalue weighted by atomic mass is 9.88. The number of rotatable bonds is 5. The Morgan fingerprint density at radius 2 is 2.24 bits per heavy atom. The lowest BCUT2D eigenvalue weighted by molar-refractivity contribution is 0.00345. The van der Waals surface area contributed by atoms with Crippen LogP contribution in [0.4, 0.5) is 0 Å². The predicted octanol–water partition coefficient (Wildman–Crippen LogP) is 1.90. The molecule has 1 aliphatic rings. The molecule has 17 heavy (non-hydrogen) atoms. The standard InChI is InChI=1S/C11H20N4OS/c1-9-5-3-4-6-10(9)16-7-8-17-11-12-13-14-15(11)2/h9-10H,3-8H2,1-2H3. The fourth-order valence-electron chi connectivity index (χ4n) is 2.21. The lowest BCUT2D eigenvalue weighted by Crippen LogP contribution is -2.26. The maximum Gasteiger partial charge on any atom is 0.209 e. The number of nitrogens with zero attached hydrogens (tertiary/aromatic N) is 4. The Hall–Kier alpha value is -0.620. The predicted molar refractivity (Wildman–Crippen MR) is 66.9 cm³/mol. The van der Waals surface area contributed by atoms with E-state index in [0.717, 1.165) is 17.5 Å². The fraction of sp³-hybridized carbons (Fsp3) is 0.909. The largest absolute Gasteiger partial charge is 0.377 e. The Morgan fingerprint density at radius 1 is 1.41 bits per heavy atom. The van der Waals surface area contributed by atoms with Crippen molar-refractivity contribution in [2.24, 2.45) is 13.0 Å². The van der Waals surface area contributed by atoms with Crippen molar-refractivity contribution in [3.05, 3.63) is 0 Å². The van der Waals surface area contributed by atoms with E-state index in [1.165, 1.54) is 25.7 Å². The van der Waals surface area contributed by atoms with Crippen LogP contribution in [0, 0.1) is 5.92 Å². The first-order valence-corrected chi connectivity index (χ1v) is 7.22. The molecule has 1 aromatic heterocycles. The minimum atomic E-state index is 0.460. The Balaban J connectivity index is 1.64. The molecule has 0 amide bonds. The second kappa shape index (κ2) is 6.35. The van der Waals surface area contributed by atoms with Gasteiger partial charge in [-0.15, -0.1) is 5.10 Å². The molecule has 0 aromatic carbocycles. The maximum atomic E-state index is 5.93. The second-order valence-electron chi connectivity index (χ2n) is 4.60. The first-order valence-electron chi connectivity index (χ1n) is 6.24. The van der Waals surface area contributed by atoms with E-state index in [-0.39, 0.29) is 0 Å². The third kappa shape index (κ3) is 3.67. The van der Waals surface area contributed by atoms with Gasteiger partial charge in [-0.05, 0) is 29.2 Å². The molecule has 0 radical (unpaired) electrons. The summed E-state index contributed by atoms with van der Waals surface area (Å²) >= 11 is 1.65. The maximum absolute atomic E-state index is 5.93. The van der Waals surface area contributed by atoms with E-state index >= 15 is 0 Å². The van der Waals surface area contributed by atoms with Crippen molar-refractivity contribution in [1.82, 2.24) is 20.2 Å².